The number of para-hydroxylation sites is 1. The highest BCUT2D eigenvalue weighted by Gasteiger charge is 2.26. The molecule has 1 heterocycles. The monoisotopic (exact) mass is 368 g/mol. The zero-order valence-electron chi connectivity index (χ0n) is 15.7. The zero-order valence-corrected chi connectivity index (χ0v) is 15.7. The lowest BCUT2D eigenvalue weighted by atomic mass is 10.0. The Bertz CT molecular complexity index is 850. The summed E-state index contributed by atoms with van der Waals surface area (Å²) in [5, 5.41) is 5.84. The van der Waals surface area contributed by atoms with Gasteiger partial charge in [0.15, 0.2) is 6.10 Å². The molecule has 2 N–H and O–H groups in total. The van der Waals surface area contributed by atoms with E-state index in [9.17, 15) is 9.59 Å². The van der Waals surface area contributed by atoms with E-state index in [1.807, 2.05) is 45.0 Å². The molecule has 142 valence electrons. The van der Waals surface area contributed by atoms with Gasteiger partial charge in [0.25, 0.3) is 11.8 Å². The predicted octanol–water partition coefficient (Wildman–Crippen LogP) is 3.69. The molecular weight excluding hydrogens is 344 g/mol. The number of benzene rings is 2. The lowest BCUT2D eigenvalue weighted by Gasteiger charge is -2.26. The molecule has 0 radical (unpaired) electrons. The number of anilines is 1. The van der Waals surface area contributed by atoms with Crippen LogP contribution in [-0.4, -0.2) is 24.5 Å². The van der Waals surface area contributed by atoms with Crippen LogP contribution in [0.3, 0.4) is 0 Å². The maximum absolute atomic E-state index is 12.7. The van der Waals surface area contributed by atoms with E-state index in [1.54, 1.807) is 18.2 Å². The topological polar surface area (TPSA) is 76.7 Å². The largest absolute Gasteiger partial charge is 0.493 e. The van der Waals surface area contributed by atoms with Crippen molar-refractivity contribution in [2.75, 3.05) is 11.9 Å². The minimum absolute atomic E-state index is 0.133. The van der Waals surface area contributed by atoms with Crippen LogP contribution in [0, 0.1) is 0 Å². The molecule has 3 rings (SSSR count). The first kappa shape index (κ1) is 18.8. The van der Waals surface area contributed by atoms with Gasteiger partial charge in [-0.25, -0.2) is 0 Å². The van der Waals surface area contributed by atoms with Crippen molar-refractivity contribution in [3.63, 3.8) is 0 Å². The van der Waals surface area contributed by atoms with E-state index in [-0.39, 0.29) is 17.9 Å². The Kier molecular flexibility index (Phi) is 5.64. The van der Waals surface area contributed by atoms with Crippen LogP contribution in [0.5, 0.6) is 11.5 Å². The van der Waals surface area contributed by atoms with E-state index in [0.717, 1.165) is 5.56 Å². The molecule has 0 fully saturated rings. The van der Waals surface area contributed by atoms with Gasteiger partial charge >= 0.3 is 0 Å². The van der Waals surface area contributed by atoms with Crippen LogP contribution in [0.2, 0.25) is 0 Å². The molecule has 2 atom stereocenters. The second-order valence-corrected chi connectivity index (χ2v) is 6.38. The highest BCUT2D eigenvalue weighted by molar-refractivity contribution is 5.98. The number of ether oxygens (including phenoxy) is 2. The minimum atomic E-state index is -0.490. The Morgan fingerprint density at radius 1 is 1.26 bits per heavy atom. The second-order valence-electron chi connectivity index (χ2n) is 6.38. The molecule has 0 bridgehead atoms. The lowest BCUT2D eigenvalue weighted by Crippen LogP contribution is -2.36. The van der Waals surface area contributed by atoms with Crippen molar-refractivity contribution in [3.05, 3.63) is 53.6 Å². The Morgan fingerprint density at radius 2 is 2.04 bits per heavy atom. The summed E-state index contributed by atoms with van der Waals surface area (Å²) in [6.07, 6.45) is 0.103. The first-order valence-electron chi connectivity index (χ1n) is 9.17. The van der Waals surface area contributed by atoms with Crippen molar-refractivity contribution >= 4 is 17.5 Å². The molecule has 6 heteroatoms. The average Bonchev–Trinajstić information content (AvgIpc) is 2.67. The van der Waals surface area contributed by atoms with Crippen LogP contribution >= 0.6 is 0 Å². The summed E-state index contributed by atoms with van der Waals surface area (Å²) in [4.78, 5) is 24.6. The van der Waals surface area contributed by atoms with E-state index in [0.29, 0.717) is 35.8 Å². The third-order valence-electron chi connectivity index (χ3n) is 4.48. The number of rotatable bonds is 6. The van der Waals surface area contributed by atoms with E-state index >= 15 is 0 Å². The Morgan fingerprint density at radius 3 is 2.78 bits per heavy atom. The molecule has 0 saturated heterocycles. The zero-order chi connectivity index (χ0) is 19.4. The van der Waals surface area contributed by atoms with Gasteiger partial charge in [0.2, 0.25) is 0 Å². The average molecular weight is 368 g/mol. The van der Waals surface area contributed by atoms with Crippen LogP contribution in [0.1, 0.15) is 49.2 Å². The number of hydrogen-bond acceptors (Lipinski definition) is 4. The number of hydrogen-bond donors (Lipinski definition) is 2. The van der Waals surface area contributed by atoms with Crippen LogP contribution in [0.4, 0.5) is 5.69 Å². The molecule has 0 aromatic heterocycles. The summed E-state index contributed by atoms with van der Waals surface area (Å²) in [5.41, 5.74) is 2.04. The first-order valence-corrected chi connectivity index (χ1v) is 9.17. The second kappa shape index (κ2) is 8.12. The molecule has 1 aliphatic heterocycles. The highest BCUT2D eigenvalue weighted by Crippen LogP contribution is 2.33. The summed E-state index contributed by atoms with van der Waals surface area (Å²) in [6.45, 7) is 6.18. The van der Waals surface area contributed by atoms with Crippen molar-refractivity contribution in [2.45, 2.75) is 39.3 Å². The fraction of sp³-hybridized carbons (Fsp3) is 0.333. The fourth-order valence-corrected chi connectivity index (χ4v) is 2.99. The maximum Gasteiger partial charge on any atom is 0.265 e. The molecule has 2 aromatic rings. The van der Waals surface area contributed by atoms with Gasteiger partial charge in [-0.15, -0.1) is 0 Å². The van der Waals surface area contributed by atoms with Crippen molar-refractivity contribution in [2.24, 2.45) is 0 Å². The molecule has 1 aliphatic rings. The predicted molar refractivity (Wildman–Crippen MR) is 103 cm³/mol. The Balaban J connectivity index is 1.76. The third kappa shape index (κ3) is 4.05. The van der Waals surface area contributed by atoms with E-state index in [1.165, 1.54) is 0 Å². The van der Waals surface area contributed by atoms with Gasteiger partial charge in [-0.3, -0.25) is 9.59 Å². The number of amides is 2. The molecule has 6 nitrogen and oxygen atoms in total. The highest BCUT2D eigenvalue weighted by atomic mass is 16.5. The normalized spacial score (nSPS) is 16.6. The molecule has 0 aliphatic carbocycles. The van der Waals surface area contributed by atoms with Crippen LogP contribution < -0.4 is 20.1 Å². The van der Waals surface area contributed by atoms with Crippen LogP contribution in [-0.2, 0) is 4.79 Å². The van der Waals surface area contributed by atoms with Crippen LogP contribution in [0.25, 0.3) is 0 Å². The van der Waals surface area contributed by atoms with Gasteiger partial charge < -0.3 is 20.1 Å². The third-order valence-corrected chi connectivity index (χ3v) is 4.48. The molecule has 0 unspecified atom stereocenters. The molecular formula is C21H24N2O4. The smallest absolute Gasteiger partial charge is 0.265 e. The maximum atomic E-state index is 12.7. The molecule has 0 spiro atoms. The Hall–Kier alpha value is -3.02. The SMILES string of the molecule is CCOc1ccccc1C(=O)N[C@@H](C)c1ccc2c(c1)O[C@@H](CC)C(=O)N2. The van der Waals surface area contributed by atoms with E-state index < -0.39 is 6.10 Å². The van der Waals surface area contributed by atoms with Gasteiger partial charge in [0, 0.05) is 0 Å². The summed E-state index contributed by atoms with van der Waals surface area (Å²) in [6, 6.07) is 12.5. The lowest BCUT2D eigenvalue weighted by molar-refractivity contribution is -0.123. The minimum Gasteiger partial charge on any atom is -0.493 e. The molecule has 27 heavy (non-hydrogen) atoms. The molecule has 2 amide bonds. The quantitative estimate of drug-likeness (QED) is 0.815. The number of carbonyl (C=O) groups is 2. The van der Waals surface area contributed by atoms with E-state index in [2.05, 4.69) is 10.6 Å². The summed E-state index contributed by atoms with van der Waals surface area (Å²) < 4.78 is 11.3. The van der Waals surface area contributed by atoms with Crippen molar-refractivity contribution in [1.82, 2.24) is 5.32 Å². The summed E-state index contributed by atoms with van der Waals surface area (Å²) in [7, 11) is 0. The number of carbonyl (C=O) groups excluding carboxylic acids is 2. The van der Waals surface area contributed by atoms with Crippen molar-refractivity contribution in [1.29, 1.82) is 0 Å². The van der Waals surface area contributed by atoms with Gasteiger partial charge in [-0.2, -0.15) is 0 Å². The first-order chi connectivity index (χ1) is 13.0. The van der Waals surface area contributed by atoms with Gasteiger partial charge in [-0.1, -0.05) is 25.1 Å². The van der Waals surface area contributed by atoms with Crippen molar-refractivity contribution in [3.8, 4) is 11.5 Å². The standard InChI is InChI=1S/C21H24N2O4/c1-4-17-21(25)23-16-11-10-14(12-19(16)27-17)13(3)22-20(24)15-8-6-7-9-18(15)26-5-2/h6-13,17H,4-5H2,1-3H3,(H,22,24)(H,23,25)/t13-,17-/m0/s1. The van der Waals surface area contributed by atoms with Gasteiger partial charge in [0.05, 0.1) is 23.9 Å². The van der Waals surface area contributed by atoms with Crippen molar-refractivity contribution < 1.29 is 19.1 Å². The van der Waals surface area contributed by atoms with Gasteiger partial charge in [-0.05, 0) is 50.1 Å². The number of fused-ring (bicyclic) bond motifs is 1. The Labute approximate surface area is 158 Å². The summed E-state index contributed by atoms with van der Waals surface area (Å²) >= 11 is 0. The van der Waals surface area contributed by atoms with Crippen LogP contribution in [0.15, 0.2) is 42.5 Å². The summed E-state index contributed by atoms with van der Waals surface area (Å²) in [5.74, 6) is 0.846. The van der Waals surface area contributed by atoms with Gasteiger partial charge in [0.1, 0.15) is 11.5 Å². The fourth-order valence-electron chi connectivity index (χ4n) is 2.99. The van der Waals surface area contributed by atoms with E-state index in [4.69, 9.17) is 9.47 Å². The molecule has 2 aromatic carbocycles. The number of nitrogens with one attached hydrogen (secondary N) is 2. The molecule has 0 saturated carbocycles.